The van der Waals surface area contributed by atoms with E-state index in [1.165, 1.54) is 35.6 Å². The molecule has 2 heterocycles. The number of nitrogens with zero attached hydrogens (tertiary/aromatic N) is 4. The fraction of sp³-hybridized carbons (Fsp3) is 0.195. The fourth-order valence-electron chi connectivity index (χ4n) is 9.49. The van der Waals surface area contributed by atoms with Crippen LogP contribution in [0, 0.1) is 70.9 Å². The van der Waals surface area contributed by atoms with Crippen LogP contribution in [0.5, 0.6) is 51.7 Å². The van der Waals surface area contributed by atoms with E-state index in [2.05, 4.69) is 125 Å². The number of aldehydes is 2. The van der Waals surface area contributed by atoms with Gasteiger partial charge in [-0.2, -0.15) is 74.6 Å². The van der Waals surface area contributed by atoms with Gasteiger partial charge in [-0.15, -0.1) is 12.4 Å². The molecular weight excluding hydrogens is 2480 g/mol. The van der Waals surface area contributed by atoms with Crippen LogP contribution in [-0.4, -0.2) is 91.1 Å². The van der Waals surface area contributed by atoms with Gasteiger partial charge in [0.25, 0.3) is 5.91 Å². The molecule has 147 heavy (non-hydrogen) atoms. The highest BCUT2D eigenvalue weighted by Gasteiger charge is 2.38. The summed E-state index contributed by atoms with van der Waals surface area (Å²) in [6, 6.07) is 21.8. The lowest BCUT2D eigenvalue weighted by Crippen LogP contribution is -2.29. The molecule has 0 saturated heterocycles. The van der Waals surface area contributed by atoms with Crippen LogP contribution < -0.4 is 45.6 Å². The van der Waals surface area contributed by atoms with Crippen molar-refractivity contribution in [2.24, 2.45) is 16.6 Å². The number of rotatable bonds is 20. The topological polar surface area (TPSA) is 349 Å². The number of carbonyl (C=O) groups is 5. The van der Waals surface area contributed by atoms with E-state index in [0.717, 1.165) is 81.6 Å². The first-order valence-electron chi connectivity index (χ1n) is 38.8. The van der Waals surface area contributed by atoms with Crippen molar-refractivity contribution in [3.05, 3.63) is 316 Å². The summed E-state index contributed by atoms with van der Waals surface area (Å²) in [5, 5.41) is 16.7. The van der Waals surface area contributed by atoms with E-state index in [1.807, 2.05) is 33.8 Å². The van der Waals surface area contributed by atoms with Gasteiger partial charge < -0.3 is 50.3 Å². The van der Waals surface area contributed by atoms with Crippen LogP contribution in [0.2, 0.25) is 0 Å². The smallest absolute Gasteiger partial charge is 0.485 e. The predicted octanol–water partition coefficient (Wildman–Crippen LogP) is 27.2. The molecule has 12 aromatic rings. The van der Waals surface area contributed by atoms with E-state index in [0.29, 0.717) is 90.7 Å². The maximum absolute atomic E-state index is 14.3. The number of ether oxygens (including phenoxy) is 6. The van der Waals surface area contributed by atoms with Gasteiger partial charge in [0.05, 0.1) is 62.3 Å². The van der Waals surface area contributed by atoms with Crippen molar-refractivity contribution in [1.29, 1.82) is 0 Å². The molecular formula is C87H67Br5ClF26N9O14S5. The summed E-state index contributed by atoms with van der Waals surface area (Å²) in [5.74, 6) is -17.1. The Morgan fingerprint density at radius 2 is 0.762 bits per heavy atom. The molecule has 2 aromatic heterocycles. The molecule has 2 atom stereocenters. The zero-order valence-electron chi connectivity index (χ0n) is 74.2. The van der Waals surface area contributed by atoms with E-state index in [-0.39, 0.29) is 99.1 Å². The molecule has 0 radical (unpaired) electrons. The average molecular weight is 2550 g/mol. The first kappa shape index (κ1) is 130. The van der Waals surface area contributed by atoms with Crippen LogP contribution in [0.4, 0.5) is 114 Å². The van der Waals surface area contributed by atoms with Crippen molar-refractivity contribution in [1.82, 2.24) is 28.8 Å². The Kier molecular flexibility index (Phi) is 52.6. The largest absolute Gasteiger partial charge is 0.508 e. The number of aromatic nitrogens is 4. The maximum Gasteiger partial charge on any atom is 0.485 e. The minimum atomic E-state index is -5.09. The molecule has 9 N–H and O–H groups in total. The Hall–Kier alpha value is -11.0. The number of amides is 1. The van der Waals surface area contributed by atoms with Crippen LogP contribution in [-0.2, 0) is 80.6 Å². The third-order valence-electron chi connectivity index (χ3n) is 16.1. The summed E-state index contributed by atoms with van der Waals surface area (Å²) in [7, 11) is -4.67. The highest BCUT2D eigenvalue weighted by atomic mass is 79.9. The van der Waals surface area contributed by atoms with E-state index in [4.69, 9.17) is 40.7 Å². The van der Waals surface area contributed by atoms with Gasteiger partial charge in [0.1, 0.15) is 70.5 Å². The molecule has 10 aromatic carbocycles. The van der Waals surface area contributed by atoms with Gasteiger partial charge in [0.2, 0.25) is 10.0 Å². The minimum absolute atomic E-state index is 0. The van der Waals surface area contributed by atoms with Gasteiger partial charge in [-0.05, 0) is 191 Å². The van der Waals surface area contributed by atoms with Gasteiger partial charge in [0.15, 0.2) is 86.4 Å². The molecule has 0 bridgehead atoms. The van der Waals surface area contributed by atoms with Gasteiger partial charge in [-0.3, -0.25) is 19.5 Å². The van der Waals surface area contributed by atoms with Crippen molar-refractivity contribution in [2.75, 3.05) is 13.2 Å². The third kappa shape index (κ3) is 45.5. The lowest BCUT2D eigenvalue weighted by molar-refractivity contribution is -0.138. The van der Waals surface area contributed by atoms with Crippen molar-refractivity contribution in [3.63, 3.8) is 0 Å². The molecule has 0 saturated carbocycles. The first-order valence-corrected chi connectivity index (χ1v) is 47.1. The van der Waals surface area contributed by atoms with E-state index >= 15 is 0 Å². The third-order valence-corrected chi connectivity index (χ3v) is 21.9. The number of halogens is 32. The lowest BCUT2D eigenvalue weighted by Gasteiger charge is -2.13. The van der Waals surface area contributed by atoms with Crippen LogP contribution >= 0.6 is 127 Å². The number of hydrogen-bond acceptors (Lipinski definition) is 22. The zero-order valence-corrected chi connectivity index (χ0v) is 87.0. The van der Waals surface area contributed by atoms with E-state index < -0.39 is 208 Å². The quantitative estimate of drug-likeness (QED) is 0.0136. The molecule has 2 unspecified atom stereocenters. The van der Waals surface area contributed by atoms with Crippen molar-refractivity contribution in [2.45, 2.75) is 96.1 Å². The molecule has 0 spiro atoms. The van der Waals surface area contributed by atoms with Crippen molar-refractivity contribution >= 4 is 185 Å². The molecule has 798 valence electrons. The number of thiocarbonyl (C=S) groups is 1. The Morgan fingerprint density at radius 3 is 1.07 bits per heavy atom. The second kappa shape index (κ2) is 59.4. The fourth-order valence-corrected chi connectivity index (χ4v) is 13.3. The normalized spacial score (nSPS) is 11.4. The highest BCUT2D eigenvalue weighted by Crippen LogP contribution is 2.42. The van der Waals surface area contributed by atoms with E-state index in [1.54, 1.807) is 26.0 Å². The van der Waals surface area contributed by atoms with Crippen LogP contribution in [0.15, 0.2) is 187 Å². The zero-order chi connectivity index (χ0) is 111. The highest BCUT2D eigenvalue weighted by molar-refractivity contribution is 9.11. The van der Waals surface area contributed by atoms with Gasteiger partial charge in [-0.25, -0.2) is 81.0 Å². The Bertz CT molecular complexity index is 6520. The predicted molar refractivity (Wildman–Crippen MR) is 509 cm³/mol. The minimum Gasteiger partial charge on any atom is -0.508 e. The molecule has 60 heteroatoms. The summed E-state index contributed by atoms with van der Waals surface area (Å²) in [6.07, 6.45) is -15.8. The number of alkyl halides is 15. The maximum atomic E-state index is 14.3. The second-order valence-electron chi connectivity index (χ2n) is 28.2. The Morgan fingerprint density at radius 1 is 0.442 bits per heavy atom. The monoisotopic (exact) mass is 2540 g/mol. The van der Waals surface area contributed by atoms with Crippen LogP contribution in [0.3, 0.4) is 0 Å². The van der Waals surface area contributed by atoms with E-state index in [9.17, 15) is 147 Å². The lowest BCUT2D eigenvalue weighted by atomic mass is 10.2. The number of nitrogens with one attached hydrogen (secondary N) is 2. The summed E-state index contributed by atoms with van der Waals surface area (Å²) in [5.41, 5.74) is 0.139. The standard InChI is InChI=1S/C17H9BrF5N3O2S.C15H8BrF8NO2S.C14H9BrF5NO.C14H6BrF5O2.C7H7BrO.C7H3F3O.C5H6N2O2S.C4H7NO2S.C4H11NOS.ClH/c18-10-2-9(17(21,22)23)3-11(4-10)28-14-5-12(19)8(1-13(14)20)6-24-15(27)16-25-7-26-29-16;16-9-2-8(14(19,20)21)3-10(4-9)27-13-5-11(17)7(1-12(13)18)6-25-28(26)15(22,23)24;2*15-9-2-8(14(18,19)20)3-10(4-9)22-13-5-11(16)7(6-21)1-12(13)17;1-5-2-6(8)4-7(9)3-5;8-5-2-7(10)6(9)1-4(5)3-11;1-2-9-5(8)4-6-3-7-10-4;1-2-7-4(6)3(5)8;1-4(2,3)7(5)6;/h1-5,7H,6H2,(H,24,27);1-5,25H,6H2;1-5H,6,21H2;1-6H;2-4,9H,1H3;1-3H;3H,2H2,1H3;2H2,1H3,(H2,5,8);5H2,1-3H3;1H. The summed E-state index contributed by atoms with van der Waals surface area (Å²) in [6.45, 7) is 10.1. The average Bonchev–Trinajstić information content (AvgIpc) is 1.10. The molecule has 0 aliphatic rings. The summed E-state index contributed by atoms with van der Waals surface area (Å²) in [4.78, 5) is 60.4. The Labute approximate surface area is 881 Å². The van der Waals surface area contributed by atoms with Gasteiger partial charge >= 0.3 is 42.2 Å². The number of benzene rings is 10. The number of nitrogens with two attached hydrogens (primary N) is 3. The Balaban J connectivity index is 0.000000442. The van der Waals surface area contributed by atoms with Crippen molar-refractivity contribution in [3.8, 4) is 51.7 Å². The van der Waals surface area contributed by atoms with Crippen LogP contribution in [0.25, 0.3) is 0 Å². The molecule has 0 fully saturated rings. The molecule has 1 amide bonds. The second-order valence-corrected chi connectivity index (χ2v) is 37.9. The molecule has 0 aliphatic heterocycles. The van der Waals surface area contributed by atoms with Crippen molar-refractivity contribution < 1.29 is 180 Å². The van der Waals surface area contributed by atoms with Gasteiger partial charge in [-0.1, -0.05) is 91.9 Å². The number of hydrogen-bond donors (Lipinski definition) is 6. The number of phenolic OH excluding ortho intramolecular Hbond substituents is 1. The number of carbonyl (C=O) groups excluding carboxylic acids is 5. The van der Waals surface area contributed by atoms with Crippen LogP contribution in [0.1, 0.15) is 119 Å². The molecule has 0 aliphatic carbocycles. The van der Waals surface area contributed by atoms with Gasteiger partial charge in [0, 0.05) is 89.0 Å². The summed E-state index contributed by atoms with van der Waals surface area (Å²) >= 11 is 21.0. The number of esters is 2. The molecule has 23 nitrogen and oxygen atoms in total. The number of aryl methyl sites for hydroxylation is 1. The number of aromatic hydroxyl groups is 1. The number of phenols is 1. The molecule has 12 rings (SSSR count). The first-order chi connectivity index (χ1) is 67.6. The summed E-state index contributed by atoms with van der Waals surface area (Å²) < 4.78 is 397. The SMILES string of the molecule is CC(C)(C)S(N)=O.CCOC(=O)C(N)=S.CCOC(=O)c1ncns1.Cc1cc(O)cc(Br)c1.Cl.NCc1cc(F)c(Oc2cc(Br)cc(C(F)(F)F)c2)cc1F.O=C(NCc1cc(F)c(Oc2cc(Br)cc(C(F)(F)F)c2)cc1F)c1ncns1.O=Cc1cc(F)c(F)cc1F.O=Cc1cc(F)c(Oc2cc(Br)cc(C(F)(F)F)c2)cc1F.O=S(NCc1cc(F)c(Oc2cc(Br)cc(C(F)(F)F)c2)cc1F)C(F)(F)F.